The number of rotatable bonds is 48. The van der Waals surface area contributed by atoms with Crippen molar-refractivity contribution < 1.29 is 29.1 Å². The first-order valence-corrected chi connectivity index (χ1v) is 35.0. The fraction of sp³-hybridized carbons (Fsp3) is 0.875. The van der Waals surface area contributed by atoms with Crippen LogP contribution >= 0.6 is 108 Å². The molecule has 0 aromatic carbocycles. The number of amides is 5. The van der Waals surface area contributed by atoms with Crippen LogP contribution in [0.3, 0.4) is 0 Å². The van der Waals surface area contributed by atoms with Crippen molar-refractivity contribution in [2.45, 2.75) is 66.2 Å². The highest BCUT2D eigenvalue weighted by atomic mass is 33.1. The van der Waals surface area contributed by atoms with Gasteiger partial charge in [0.25, 0.3) is 0 Å². The standard InChI is InChI=1S/C40H80N8O6S10/c1-5-28-57-60-31-10-37(51)42-13-18-46(19-14-43-39(53)12-33-62-63-34-27-49)23-25-48(22-16-44-38(52)11-32-61-58-29-6-2)26-24-47(21-17-45-40(54)35-64-56-8-4)20-15-41-36(50)9-30-59-55-7-3/h49H,5-35H2,1-4H3,(H,41,50)(H,42,51)(H,43,53)(H,44,52)(H,45,54). The molecule has 0 aliphatic carbocycles. The molecular weight excluding hydrogens is 1010 g/mol. The zero-order chi connectivity index (χ0) is 47.1. The van der Waals surface area contributed by atoms with E-state index >= 15 is 0 Å². The summed E-state index contributed by atoms with van der Waals surface area (Å²) in [6, 6.07) is 0. The van der Waals surface area contributed by atoms with Crippen LogP contribution in [0.15, 0.2) is 0 Å². The normalized spacial score (nSPS) is 11.4. The van der Waals surface area contributed by atoms with Crippen LogP contribution < -0.4 is 26.6 Å². The quantitative estimate of drug-likeness (QED) is 0.0319. The fourth-order valence-corrected chi connectivity index (χ4v) is 14.4. The molecule has 0 aromatic rings. The number of hydrogen-bond acceptors (Lipinski definition) is 19. The zero-order valence-corrected chi connectivity index (χ0v) is 47.0. The number of aliphatic hydroxyl groups excluding tert-OH is 1. The second-order valence-electron chi connectivity index (χ2n) is 13.8. The van der Waals surface area contributed by atoms with E-state index in [1.54, 1.807) is 108 Å². The van der Waals surface area contributed by atoms with Crippen LogP contribution in [0.25, 0.3) is 0 Å². The molecule has 0 saturated heterocycles. The molecular formula is C40H80N8O6S10. The van der Waals surface area contributed by atoms with Crippen LogP contribution in [0.2, 0.25) is 0 Å². The van der Waals surface area contributed by atoms with Gasteiger partial charge in [0.15, 0.2) is 0 Å². The van der Waals surface area contributed by atoms with Gasteiger partial charge in [0, 0.05) is 169 Å². The van der Waals surface area contributed by atoms with Crippen molar-refractivity contribution in [1.29, 1.82) is 0 Å². The molecule has 0 fully saturated rings. The van der Waals surface area contributed by atoms with Crippen molar-refractivity contribution in [3.8, 4) is 0 Å². The van der Waals surface area contributed by atoms with Crippen molar-refractivity contribution in [3.05, 3.63) is 0 Å². The Morgan fingerprint density at radius 1 is 0.359 bits per heavy atom. The topological polar surface area (TPSA) is 175 Å². The van der Waals surface area contributed by atoms with Gasteiger partial charge < -0.3 is 31.7 Å². The first kappa shape index (κ1) is 64.7. The van der Waals surface area contributed by atoms with E-state index < -0.39 is 0 Å². The van der Waals surface area contributed by atoms with Crippen LogP contribution in [-0.2, 0) is 24.0 Å². The van der Waals surface area contributed by atoms with Crippen LogP contribution in [0.5, 0.6) is 0 Å². The third-order valence-corrected chi connectivity index (χ3v) is 20.9. The van der Waals surface area contributed by atoms with Crippen LogP contribution in [0, 0.1) is 0 Å². The van der Waals surface area contributed by atoms with E-state index in [4.69, 9.17) is 5.11 Å². The van der Waals surface area contributed by atoms with E-state index in [2.05, 4.69) is 69.0 Å². The summed E-state index contributed by atoms with van der Waals surface area (Å²) in [5.74, 6) is 8.25. The van der Waals surface area contributed by atoms with E-state index in [-0.39, 0.29) is 36.1 Å². The predicted octanol–water partition coefficient (Wildman–Crippen LogP) is 5.79. The molecule has 0 heterocycles. The number of nitrogens with zero attached hydrogens (tertiary/aromatic N) is 3. The number of aliphatic hydroxyl groups is 1. The fourth-order valence-electron chi connectivity index (χ4n) is 5.16. The van der Waals surface area contributed by atoms with Gasteiger partial charge in [-0.2, -0.15) is 0 Å². The van der Waals surface area contributed by atoms with E-state index in [1.807, 2.05) is 0 Å². The molecule has 6 N–H and O–H groups in total. The molecule has 0 atom stereocenters. The summed E-state index contributed by atoms with van der Waals surface area (Å²) >= 11 is 0. The highest BCUT2D eigenvalue weighted by Gasteiger charge is 2.15. The summed E-state index contributed by atoms with van der Waals surface area (Å²) in [4.78, 5) is 70.0. The molecule has 0 bridgehead atoms. The number of carbonyl (C=O) groups excluding carboxylic acids is 5. The SMILES string of the molecule is CCCSSCCC(=O)NCCN(CCNC(=O)CCSSCCO)CCN(CCNC(=O)CCSSCCC)CCN(CCNC(=O)CCSSCC)CCNC(=O)CSSCC. The van der Waals surface area contributed by atoms with Gasteiger partial charge in [0.05, 0.1) is 12.4 Å². The molecule has 0 aromatic heterocycles. The Hall–Kier alpha value is 0.690. The van der Waals surface area contributed by atoms with Crippen molar-refractivity contribution >= 4 is 137 Å². The van der Waals surface area contributed by atoms with Crippen LogP contribution in [0.1, 0.15) is 66.2 Å². The third kappa shape index (κ3) is 45.2. The molecule has 376 valence electrons. The Kier molecular flexibility index (Phi) is 50.6. The molecule has 14 nitrogen and oxygen atoms in total. The Labute approximate surface area is 426 Å². The molecule has 0 aliphatic heterocycles. The lowest BCUT2D eigenvalue weighted by Gasteiger charge is -2.30. The Bertz CT molecular complexity index is 1140. The minimum atomic E-state index is -0.0102. The zero-order valence-electron chi connectivity index (χ0n) is 38.8. The molecule has 64 heavy (non-hydrogen) atoms. The lowest BCUT2D eigenvalue weighted by atomic mass is 10.3. The average molecular weight is 1090 g/mol. The molecule has 0 spiro atoms. The smallest absolute Gasteiger partial charge is 0.230 e. The van der Waals surface area contributed by atoms with E-state index in [1.165, 1.54) is 0 Å². The van der Waals surface area contributed by atoms with Crippen LogP contribution in [0.4, 0.5) is 0 Å². The lowest BCUT2D eigenvalue weighted by molar-refractivity contribution is -0.121. The first-order chi connectivity index (χ1) is 31.2. The monoisotopic (exact) mass is 1090 g/mol. The van der Waals surface area contributed by atoms with Crippen molar-refractivity contribution in [1.82, 2.24) is 41.3 Å². The second kappa shape index (κ2) is 50.1. The molecule has 0 radical (unpaired) electrons. The summed E-state index contributed by atoms with van der Waals surface area (Å²) in [5, 5.41) is 24.4. The second-order valence-corrected chi connectivity index (χ2v) is 27.6. The van der Waals surface area contributed by atoms with Gasteiger partial charge in [-0.25, -0.2) is 0 Å². The highest BCUT2D eigenvalue weighted by Crippen LogP contribution is 2.24. The molecule has 0 aliphatic rings. The Morgan fingerprint density at radius 2 is 0.641 bits per heavy atom. The number of nitrogens with one attached hydrogen (secondary N) is 5. The van der Waals surface area contributed by atoms with E-state index in [0.717, 1.165) is 53.1 Å². The summed E-state index contributed by atoms with van der Waals surface area (Å²) in [6.07, 6.45) is 4.04. The van der Waals surface area contributed by atoms with Gasteiger partial charge in [0.2, 0.25) is 29.5 Å². The third-order valence-electron chi connectivity index (χ3n) is 8.46. The van der Waals surface area contributed by atoms with Crippen LogP contribution in [-0.4, -0.2) is 205 Å². The van der Waals surface area contributed by atoms with Crippen molar-refractivity contribution in [2.75, 3.05) is 156 Å². The lowest BCUT2D eigenvalue weighted by Crippen LogP contribution is -2.47. The van der Waals surface area contributed by atoms with E-state index in [9.17, 15) is 24.0 Å². The Morgan fingerprint density at radius 3 is 0.969 bits per heavy atom. The summed E-state index contributed by atoms with van der Waals surface area (Å²) in [6.45, 7) is 17.0. The maximum absolute atomic E-state index is 12.8. The predicted molar refractivity (Wildman–Crippen MR) is 296 cm³/mol. The molecule has 0 saturated carbocycles. The maximum Gasteiger partial charge on any atom is 0.230 e. The van der Waals surface area contributed by atoms with Crippen molar-refractivity contribution in [3.63, 3.8) is 0 Å². The molecule has 5 amide bonds. The van der Waals surface area contributed by atoms with Gasteiger partial charge >= 0.3 is 0 Å². The highest BCUT2D eigenvalue weighted by molar-refractivity contribution is 8.77. The number of carbonyl (C=O) groups is 5. The van der Waals surface area contributed by atoms with Gasteiger partial charge in [-0.1, -0.05) is 136 Å². The molecule has 24 heteroatoms. The Balaban J connectivity index is 5.78. The molecule has 0 unspecified atom stereocenters. The van der Waals surface area contributed by atoms with E-state index in [0.29, 0.717) is 135 Å². The number of hydrogen-bond donors (Lipinski definition) is 6. The average Bonchev–Trinajstić information content (AvgIpc) is 3.27. The summed E-state index contributed by atoms with van der Waals surface area (Å²) < 4.78 is 0. The van der Waals surface area contributed by atoms with Gasteiger partial charge in [-0.3, -0.25) is 38.7 Å². The summed E-state index contributed by atoms with van der Waals surface area (Å²) in [7, 11) is 16.9. The summed E-state index contributed by atoms with van der Waals surface area (Å²) in [5.41, 5.74) is 0. The van der Waals surface area contributed by atoms with Gasteiger partial charge in [-0.05, 0) is 12.8 Å². The van der Waals surface area contributed by atoms with Gasteiger partial charge in [0.1, 0.15) is 0 Å². The van der Waals surface area contributed by atoms with Gasteiger partial charge in [-0.15, -0.1) is 0 Å². The minimum absolute atomic E-state index is 0.00894. The molecule has 0 rings (SSSR count). The largest absolute Gasteiger partial charge is 0.395 e. The van der Waals surface area contributed by atoms with Crippen molar-refractivity contribution in [2.24, 2.45) is 0 Å². The first-order valence-electron chi connectivity index (χ1n) is 22.5. The maximum atomic E-state index is 12.8. The minimum Gasteiger partial charge on any atom is -0.395 e.